The SMILES string of the molecule is COc1ccc(NC(=O)Cn2c(C(=O)c3ccc(Cl)cc3)nc3ccccc32)c(OC)c1. The molecular formula is C24H20ClN3O4. The van der Waals surface area contributed by atoms with Crippen LogP contribution >= 0.6 is 11.6 Å². The summed E-state index contributed by atoms with van der Waals surface area (Å²) in [6, 6.07) is 18.9. The van der Waals surface area contributed by atoms with Gasteiger partial charge in [0.15, 0.2) is 5.82 Å². The van der Waals surface area contributed by atoms with E-state index in [1.165, 1.54) is 7.11 Å². The highest BCUT2D eigenvalue weighted by Crippen LogP contribution is 2.29. The van der Waals surface area contributed by atoms with Crippen LogP contribution in [-0.4, -0.2) is 35.5 Å². The first-order chi connectivity index (χ1) is 15.5. The molecule has 0 saturated carbocycles. The highest BCUT2D eigenvalue weighted by atomic mass is 35.5. The Morgan fingerprint density at radius 1 is 1.00 bits per heavy atom. The molecule has 0 bridgehead atoms. The molecule has 7 nitrogen and oxygen atoms in total. The second kappa shape index (κ2) is 9.11. The number of imidazole rings is 1. The molecule has 4 aromatic rings. The summed E-state index contributed by atoms with van der Waals surface area (Å²) in [5.74, 6) is 0.613. The van der Waals surface area contributed by atoms with Crippen LogP contribution in [0, 0.1) is 0 Å². The van der Waals surface area contributed by atoms with Crippen molar-refractivity contribution < 1.29 is 19.1 Å². The predicted octanol–water partition coefficient (Wildman–Crippen LogP) is 4.58. The van der Waals surface area contributed by atoms with Crippen molar-refractivity contribution in [3.8, 4) is 11.5 Å². The molecule has 0 radical (unpaired) electrons. The number of halogens is 1. The number of nitrogens with zero attached hydrogens (tertiary/aromatic N) is 2. The van der Waals surface area contributed by atoms with Crippen molar-refractivity contribution in [2.45, 2.75) is 6.54 Å². The van der Waals surface area contributed by atoms with Crippen LogP contribution in [0.4, 0.5) is 5.69 Å². The molecule has 0 aliphatic heterocycles. The monoisotopic (exact) mass is 449 g/mol. The number of fused-ring (bicyclic) bond motifs is 1. The minimum atomic E-state index is -0.332. The Kier molecular flexibility index (Phi) is 6.09. The highest BCUT2D eigenvalue weighted by Gasteiger charge is 2.21. The van der Waals surface area contributed by atoms with E-state index < -0.39 is 0 Å². The normalized spacial score (nSPS) is 10.7. The van der Waals surface area contributed by atoms with Gasteiger partial charge in [0.2, 0.25) is 11.7 Å². The molecule has 0 unspecified atom stereocenters. The lowest BCUT2D eigenvalue weighted by Crippen LogP contribution is -2.22. The zero-order valence-electron chi connectivity index (χ0n) is 17.5. The van der Waals surface area contributed by atoms with Crippen LogP contribution in [0.1, 0.15) is 16.2 Å². The maximum Gasteiger partial charge on any atom is 0.244 e. The third-order valence-electron chi connectivity index (χ3n) is 4.95. The Bertz CT molecular complexity index is 1300. The smallest absolute Gasteiger partial charge is 0.244 e. The molecular weight excluding hydrogens is 430 g/mol. The first kappa shape index (κ1) is 21.4. The highest BCUT2D eigenvalue weighted by molar-refractivity contribution is 6.30. The summed E-state index contributed by atoms with van der Waals surface area (Å²) in [6.07, 6.45) is 0. The lowest BCUT2D eigenvalue weighted by atomic mass is 10.1. The quantitative estimate of drug-likeness (QED) is 0.418. The third-order valence-corrected chi connectivity index (χ3v) is 5.20. The summed E-state index contributed by atoms with van der Waals surface area (Å²) in [6.45, 7) is -0.107. The average molecular weight is 450 g/mol. The number of ether oxygens (including phenoxy) is 2. The van der Waals surface area contributed by atoms with Crippen molar-refractivity contribution in [1.82, 2.24) is 9.55 Å². The zero-order chi connectivity index (χ0) is 22.7. The molecule has 162 valence electrons. The van der Waals surface area contributed by atoms with E-state index in [0.717, 1.165) is 0 Å². The first-order valence-corrected chi connectivity index (χ1v) is 10.2. The van der Waals surface area contributed by atoms with E-state index in [4.69, 9.17) is 21.1 Å². The number of methoxy groups -OCH3 is 2. The van der Waals surface area contributed by atoms with Gasteiger partial charge in [-0.05, 0) is 48.5 Å². The van der Waals surface area contributed by atoms with Gasteiger partial charge in [0.25, 0.3) is 0 Å². The number of hydrogen-bond acceptors (Lipinski definition) is 5. The second-order valence-electron chi connectivity index (χ2n) is 6.96. The Labute approximate surface area is 189 Å². The lowest BCUT2D eigenvalue weighted by molar-refractivity contribution is -0.116. The standard InChI is InChI=1S/C24H20ClN3O4/c1-31-17-11-12-19(21(13-17)32-2)26-22(29)14-28-20-6-4-3-5-18(20)27-24(28)23(30)15-7-9-16(25)10-8-15/h3-13H,14H2,1-2H3,(H,26,29). The predicted molar refractivity (Wildman–Crippen MR) is 123 cm³/mol. The molecule has 0 atom stereocenters. The van der Waals surface area contributed by atoms with Crippen LogP contribution in [-0.2, 0) is 11.3 Å². The molecule has 4 rings (SSSR count). The molecule has 8 heteroatoms. The third kappa shape index (κ3) is 4.29. The van der Waals surface area contributed by atoms with Gasteiger partial charge in [-0.25, -0.2) is 4.98 Å². The van der Waals surface area contributed by atoms with Gasteiger partial charge in [0.05, 0.1) is 30.9 Å². The Hall–Kier alpha value is -3.84. The number of amides is 1. The van der Waals surface area contributed by atoms with E-state index in [1.54, 1.807) is 60.2 Å². The van der Waals surface area contributed by atoms with Crippen molar-refractivity contribution in [2.24, 2.45) is 0 Å². The number of benzene rings is 3. The number of nitrogens with one attached hydrogen (secondary N) is 1. The number of anilines is 1. The summed E-state index contributed by atoms with van der Waals surface area (Å²) < 4.78 is 12.1. The van der Waals surface area contributed by atoms with E-state index >= 15 is 0 Å². The van der Waals surface area contributed by atoms with Gasteiger partial charge < -0.3 is 19.4 Å². The Morgan fingerprint density at radius 3 is 2.47 bits per heavy atom. The number of carbonyl (C=O) groups is 2. The molecule has 32 heavy (non-hydrogen) atoms. The number of rotatable bonds is 7. The summed E-state index contributed by atoms with van der Waals surface area (Å²) in [7, 11) is 3.06. The van der Waals surface area contributed by atoms with Gasteiger partial charge in [-0.1, -0.05) is 23.7 Å². The van der Waals surface area contributed by atoms with Crippen molar-refractivity contribution in [3.05, 3.63) is 83.1 Å². The molecule has 1 aromatic heterocycles. The first-order valence-electron chi connectivity index (χ1n) is 9.77. The summed E-state index contributed by atoms with van der Waals surface area (Å²) in [4.78, 5) is 30.6. The summed E-state index contributed by atoms with van der Waals surface area (Å²) in [5.41, 5.74) is 2.23. The van der Waals surface area contributed by atoms with Crippen LogP contribution in [0.2, 0.25) is 5.02 Å². The van der Waals surface area contributed by atoms with Crippen molar-refractivity contribution in [2.75, 3.05) is 19.5 Å². The largest absolute Gasteiger partial charge is 0.497 e. The Balaban J connectivity index is 1.66. The topological polar surface area (TPSA) is 82.5 Å². The van der Waals surface area contributed by atoms with Crippen LogP contribution < -0.4 is 14.8 Å². The maximum atomic E-state index is 13.2. The van der Waals surface area contributed by atoms with Gasteiger partial charge in [0.1, 0.15) is 18.0 Å². The van der Waals surface area contributed by atoms with E-state index in [9.17, 15) is 9.59 Å². The van der Waals surface area contributed by atoms with Crippen LogP contribution in [0.5, 0.6) is 11.5 Å². The number of aromatic nitrogens is 2. The summed E-state index contributed by atoms with van der Waals surface area (Å²) in [5, 5.41) is 3.36. The molecule has 1 amide bonds. The molecule has 0 fully saturated rings. The molecule has 0 aliphatic carbocycles. The number of carbonyl (C=O) groups excluding carboxylic acids is 2. The van der Waals surface area contributed by atoms with Crippen molar-refractivity contribution in [3.63, 3.8) is 0 Å². The molecule has 0 aliphatic rings. The fourth-order valence-corrected chi connectivity index (χ4v) is 3.50. The molecule has 0 spiro atoms. The molecule has 0 saturated heterocycles. The fraction of sp³-hybridized carbons (Fsp3) is 0.125. The Morgan fingerprint density at radius 2 is 1.75 bits per heavy atom. The van der Waals surface area contributed by atoms with E-state index in [-0.39, 0.29) is 24.1 Å². The van der Waals surface area contributed by atoms with E-state index in [2.05, 4.69) is 10.3 Å². The number of hydrogen-bond donors (Lipinski definition) is 1. The van der Waals surface area contributed by atoms with Gasteiger partial charge in [0, 0.05) is 16.7 Å². The number of ketones is 1. The van der Waals surface area contributed by atoms with Crippen molar-refractivity contribution >= 4 is 40.0 Å². The number of para-hydroxylation sites is 2. The van der Waals surface area contributed by atoms with Crippen LogP contribution in [0.3, 0.4) is 0 Å². The van der Waals surface area contributed by atoms with Crippen LogP contribution in [0.15, 0.2) is 66.7 Å². The van der Waals surface area contributed by atoms with Gasteiger partial charge >= 0.3 is 0 Å². The van der Waals surface area contributed by atoms with Crippen LogP contribution in [0.25, 0.3) is 11.0 Å². The maximum absolute atomic E-state index is 13.2. The van der Waals surface area contributed by atoms with Crippen molar-refractivity contribution in [1.29, 1.82) is 0 Å². The summed E-state index contributed by atoms with van der Waals surface area (Å²) >= 11 is 5.94. The molecule has 1 heterocycles. The minimum Gasteiger partial charge on any atom is -0.497 e. The van der Waals surface area contributed by atoms with Gasteiger partial charge in [-0.2, -0.15) is 0 Å². The second-order valence-corrected chi connectivity index (χ2v) is 7.40. The van der Waals surface area contributed by atoms with Gasteiger partial charge in [-0.3, -0.25) is 9.59 Å². The molecule has 1 N–H and O–H groups in total. The molecule has 3 aromatic carbocycles. The van der Waals surface area contributed by atoms with E-state index in [1.807, 2.05) is 18.2 Å². The van der Waals surface area contributed by atoms with E-state index in [0.29, 0.717) is 38.8 Å². The van der Waals surface area contributed by atoms with Gasteiger partial charge in [-0.15, -0.1) is 0 Å². The fourth-order valence-electron chi connectivity index (χ4n) is 3.37. The average Bonchev–Trinajstić information content (AvgIpc) is 3.17. The lowest BCUT2D eigenvalue weighted by Gasteiger charge is -2.13. The zero-order valence-corrected chi connectivity index (χ0v) is 18.2. The minimum absolute atomic E-state index is 0.107.